The number of anilines is 6. The molecule has 6 aromatic rings. The predicted molar refractivity (Wildman–Crippen MR) is 341 cm³/mol. The van der Waals surface area contributed by atoms with Crippen LogP contribution in [0.1, 0.15) is 305 Å². The lowest BCUT2D eigenvalue weighted by atomic mass is 9.65. The van der Waals surface area contributed by atoms with E-state index < -0.39 is 0 Å². The monoisotopic (exact) mass is 1060 g/mol. The molecule has 7 aliphatic carbocycles. The van der Waals surface area contributed by atoms with E-state index >= 15 is 0 Å². The van der Waals surface area contributed by atoms with Crippen LogP contribution >= 0.6 is 0 Å². The molecular formula is C78H98N2. The number of nitrogens with zero attached hydrogens (tertiary/aromatic N) is 2. The zero-order chi connectivity index (χ0) is 53.5. The van der Waals surface area contributed by atoms with Crippen molar-refractivity contribution < 1.29 is 0 Å². The Hall–Kier alpha value is -5.08. The summed E-state index contributed by atoms with van der Waals surface area (Å²) < 4.78 is 0. The molecule has 0 heterocycles. The Morgan fingerprint density at radius 2 is 0.500 bits per heavy atom. The van der Waals surface area contributed by atoms with Gasteiger partial charge in [-0.25, -0.2) is 0 Å². The molecule has 2 nitrogen and oxygen atoms in total. The van der Waals surface area contributed by atoms with Gasteiger partial charge in [-0.1, -0.05) is 220 Å². The number of para-hydroxylation sites is 2. The zero-order valence-corrected chi connectivity index (χ0v) is 49.3. The first kappa shape index (κ1) is 54.2. The summed E-state index contributed by atoms with van der Waals surface area (Å²) in [5.41, 5.74) is 21.4. The summed E-state index contributed by atoms with van der Waals surface area (Å²) in [4.78, 5) is 5.54. The van der Waals surface area contributed by atoms with E-state index in [1.165, 1.54) is 259 Å². The summed E-state index contributed by atoms with van der Waals surface area (Å²) in [7, 11) is 0. The zero-order valence-electron chi connectivity index (χ0n) is 49.3. The third-order valence-corrected chi connectivity index (χ3v) is 22.3. The van der Waals surface area contributed by atoms with Crippen LogP contribution in [-0.4, -0.2) is 0 Å². The largest absolute Gasteiger partial charge is 0.310 e. The van der Waals surface area contributed by atoms with Gasteiger partial charge in [0.2, 0.25) is 0 Å². The Balaban J connectivity index is 0.911. The molecule has 0 N–H and O–H groups in total. The second-order valence-corrected chi connectivity index (χ2v) is 27.2. The van der Waals surface area contributed by atoms with E-state index in [9.17, 15) is 0 Å². The number of benzene rings is 6. The molecule has 0 aliphatic heterocycles. The quantitative estimate of drug-likeness (QED) is 0.107. The minimum Gasteiger partial charge on any atom is -0.310 e. The summed E-state index contributed by atoms with van der Waals surface area (Å²) in [5.74, 6) is 3.93. The molecule has 0 saturated heterocycles. The Morgan fingerprint density at radius 1 is 0.250 bits per heavy atom. The van der Waals surface area contributed by atoms with Crippen molar-refractivity contribution in [2.24, 2.45) is 0 Å². The summed E-state index contributed by atoms with van der Waals surface area (Å²) in [5, 5.41) is 0. The maximum Gasteiger partial charge on any atom is 0.0531 e. The Labute approximate surface area is 485 Å². The molecular weight excluding hydrogens is 965 g/mol. The molecule has 7 saturated carbocycles. The standard InChI is InChI=1S/C78H98N2/c1-10-28-58(29-11-1)64-54-72(60-32-14-3-15-33-60)76(73(55-64)61-34-16-4-17-35-61)79(68-40-22-7-23-41-68)70-48-44-66(45-49-70)78(52-26-9-27-53-78)67-46-50-71(51-47-67)80(69-42-24-8-25-43-69)77-74(62-36-18-5-19-37-62)56-65(59-30-12-2-13-31-59)57-75(77)63-38-20-6-21-39-63/h7-8,22-25,40-51,54-63H,1-6,9-21,26-39,52-53H2. The van der Waals surface area contributed by atoms with Gasteiger partial charge >= 0.3 is 0 Å². The first-order valence-electron chi connectivity index (χ1n) is 34.0. The van der Waals surface area contributed by atoms with E-state index in [0.717, 1.165) is 0 Å². The van der Waals surface area contributed by atoms with E-state index in [0.29, 0.717) is 35.5 Å². The van der Waals surface area contributed by atoms with Gasteiger partial charge in [-0.3, -0.25) is 0 Å². The number of hydrogen-bond donors (Lipinski definition) is 0. The van der Waals surface area contributed by atoms with Crippen molar-refractivity contribution in [3.8, 4) is 0 Å². The van der Waals surface area contributed by atoms with E-state index in [4.69, 9.17) is 0 Å². The third-order valence-electron chi connectivity index (χ3n) is 22.3. The fraction of sp³-hybridized carbons (Fsp3) is 0.538. The SMILES string of the molecule is c1ccc(N(c2ccc(C3(c4ccc(N(c5ccccc5)c5c(C6CCCCC6)cc(C6CCCCC6)cc5C5CCCCC5)cc4)CCCCC3)cc2)c2c(C3CCCCC3)cc(C3CCCCC3)cc2C2CCCCC2)cc1. The third kappa shape index (κ3) is 11.5. The van der Waals surface area contributed by atoms with Crippen molar-refractivity contribution in [2.45, 2.75) is 266 Å². The molecule has 80 heavy (non-hydrogen) atoms. The molecule has 0 radical (unpaired) electrons. The van der Waals surface area contributed by atoms with Crippen molar-refractivity contribution in [3.63, 3.8) is 0 Å². The van der Waals surface area contributed by atoms with Crippen LogP contribution in [0, 0.1) is 0 Å². The van der Waals surface area contributed by atoms with Gasteiger partial charge in [0, 0.05) is 28.2 Å². The second kappa shape index (κ2) is 25.6. The summed E-state index contributed by atoms with van der Waals surface area (Å²) in [6.45, 7) is 0. The average molecular weight is 1060 g/mol. The normalized spacial score (nSPS) is 21.6. The highest BCUT2D eigenvalue weighted by Gasteiger charge is 2.38. The Morgan fingerprint density at radius 3 is 0.787 bits per heavy atom. The lowest BCUT2D eigenvalue weighted by Crippen LogP contribution is -2.30. The van der Waals surface area contributed by atoms with Gasteiger partial charge in [0.25, 0.3) is 0 Å². The van der Waals surface area contributed by atoms with Crippen molar-refractivity contribution >= 4 is 34.1 Å². The fourth-order valence-electron chi connectivity index (χ4n) is 17.9. The first-order valence-corrected chi connectivity index (χ1v) is 34.0. The van der Waals surface area contributed by atoms with Gasteiger partial charge < -0.3 is 9.80 Å². The van der Waals surface area contributed by atoms with Gasteiger partial charge in [0.1, 0.15) is 0 Å². The van der Waals surface area contributed by atoms with Crippen LogP contribution in [0.5, 0.6) is 0 Å². The van der Waals surface area contributed by atoms with Crippen molar-refractivity contribution in [3.05, 3.63) is 178 Å². The lowest BCUT2D eigenvalue weighted by Gasteiger charge is -2.40. The Kier molecular flexibility index (Phi) is 17.3. The lowest BCUT2D eigenvalue weighted by molar-refractivity contribution is 0.346. The topological polar surface area (TPSA) is 6.48 Å². The fourth-order valence-corrected chi connectivity index (χ4v) is 17.9. The van der Waals surface area contributed by atoms with Crippen LogP contribution in [0.4, 0.5) is 34.1 Å². The minimum absolute atomic E-state index is 0.0191. The van der Waals surface area contributed by atoms with E-state index in [-0.39, 0.29) is 5.41 Å². The summed E-state index contributed by atoms with van der Waals surface area (Å²) >= 11 is 0. The highest BCUT2D eigenvalue weighted by molar-refractivity contribution is 5.84. The van der Waals surface area contributed by atoms with Crippen molar-refractivity contribution in [1.29, 1.82) is 0 Å². The molecule has 420 valence electrons. The maximum atomic E-state index is 2.79. The van der Waals surface area contributed by atoms with Crippen LogP contribution in [0.2, 0.25) is 0 Å². The first-order chi connectivity index (χ1) is 39.7. The molecule has 7 fully saturated rings. The van der Waals surface area contributed by atoms with Crippen LogP contribution in [0.3, 0.4) is 0 Å². The average Bonchev–Trinajstić information content (AvgIpc) is 3.65. The molecule has 0 amide bonds. The highest BCUT2D eigenvalue weighted by atomic mass is 15.2. The van der Waals surface area contributed by atoms with Crippen LogP contribution in [0.15, 0.2) is 133 Å². The van der Waals surface area contributed by atoms with Crippen molar-refractivity contribution in [1.82, 2.24) is 0 Å². The second-order valence-electron chi connectivity index (χ2n) is 27.2. The smallest absolute Gasteiger partial charge is 0.0531 e. The maximum absolute atomic E-state index is 2.79. The Bertz CT molecular complexity index is 2620. The van der Waals surface area contributed by atoms with Crippen LogP contribution < -0.4 is 9.80 Å². The van der Waals surface area contributed by atoms with Gasteiger partial charge in [-0.15, -0.1) is 0 Å². The summed E-state index contributed by atoms with van der Waals surface area (Å²) in [6, 6.07) is 55.0. The molecule has 0 aromatic heterocycles. The highest BCUT2D eigenvalue weighted by Crippen LogP contribution is 2.55. The van der Waals surface area contributed by atoms with Gasteiger partial charge in [0.05, 0.1) is 11.4 Å². The molecule has 13 rings (SSSR count). The molecule has 0 spiro atoms. The van der Waals surface area contributed by atoms with Gasteiger partial charge in [-0.2, -0.15) is 0 Å². The molecule has 2 heteroatoms. The molecule has 0 unspecified atom stereocenters. The minimum atomic E-state index is -0.0191. The number of rotatable bonds is 14. The number of hydrogen-bond acceptors (Lipinski definition) is 2. The van der Waals surface area contributed by atoms with E-state index in [1.54, 1.807) is 44.8 Å². The molecule has 0 atom stereocenters. The molecule has 6 aromatic carbocycles. The molecule has 0 bridgehead atoms. The molecule has 7 aliphatic rings. The van der Waals surface area contributed by atoms with Crippen molar-refractivity contribution in [2.75, 3.05) is 9.80 Å². The van der Waals surface area contributed by atoms with E-state index in [2.05, 4.69) is 143 Å². The van der Waals surface area contributed by atoms with Crippen LogP contribution in [0.25, 0.3) is 0 Å². The summed E-state index contributed by atoms with van der Waals surface area (Å²) in [6.07, 6.45) is 47.2. The van der Waals surface area contributed by atoms with Crippen LogP contribution in [-0.2, 0) is 5.41 Å². The van der Waals surface area contributed by atoms with Gasteiger partial charge in [-0.05, 0) is 218 Å². The van der Waals surface area contributed by atoms with E-state index in [1.807, 2.05) is 0 Å². The predicted octanol–water partition coefficient (Wildman–Crippen LogP) is 24.2. The van der Waals surface area contributed by atoms with Gasteiger partial charge in [0.15, 0.2) is 0 Å².